The number of ether oxygens (including phenoxy) is 12. The number of amides is 5. The molecule has 6 saturated heterocycles. The number of nitrogens with one attached hydrogen (secondary N) is 5. The molecule has 98 heavy (non-hydrogen) atoms. The lowest BCUT2D eigenvalue weighted by atomic mass is 9.93. The monoisotopic (exact) mass is 1410 g/mol. The number of unbranched alkanes of at least 4 members (excludes halogenated alkanes) is 8. The maximum Gasteiger partial charge on any atom is 0.251 e. The van der Waals surface area contributed by atoms with E-state index in [0.717, 1.165) is 53.4 Å². The van der Waals surface area contributed by atoms with Crippen molar-refractivity contribution in [1.29, 1.82) is 0 Å². The first kappa shape index (κ1) is 80.7. The third-order valence-corrected chi connectivity index (χ3v) is 17.9. The lowest BCUT2D eigenvalue weighted by Crippen LogP contribution is -2.72. The lowest BCUT2D eigenvalue weighted by molar-refractivity contribution is -0.368. The van der Waals surface area contributed by atoms with Gasteiger partial charge in [-0.3, -0.25) is 24.0 Å². The van der Waals surface area contributed by atoms with Gasteiger partial charge in [-0.15, -0.1) is 0 Å². The first-order valence-corrected chi connectivity index (χ1v) is 33.2. The van der Waals surface area contributed by atoms with Crippen LogP contribution in [-0.4, -0.2) is 325 Å². The second-order valence-electron chi connectivity index (χ2n) is 25.4. The van der Waals surface area contributed by atoms with Crippen molar-refractivity contribution in [2.75, 3.05) is 39.6 Å². The van der Waals surface area contributed by atoms with Crippen molar-refractivity contribution in [3.8, 4) is 5.75 Å². The summed E-state index contributed by atoms with van der Waals surface area (Å²) >= 11 is 0. The molecule has 6 fully saturated rings. The lowest BCUT2D eigenvalue weighted by Gasteiger charge is -2.51. The standard InChI is InChI=1S/C62H101N5O31/c1-7-8-9-10-11-12-13-14-15-19-87-32-18-16-17-31(20-32)56(85)67-39-45(78)44(77)33(21-68)91-58(39)95-52-34(22-69)92-59(40(47(52)80)64-28(4)73)96-53-35(23-70)93-60(41(48(53)81)65-29(5)74)97-54-36(24-71)94-61(42(49(54)82)66-30(6)75)98-55-37(90-57(86)38(46(55)79)63-27(3)72)25-88-62-51(84)50(83)43(76)26(2)89-62/h16-18,20,26,33-55,57-62,68-71,76-84,86H,7-15,19,21-25H2,1-6H3,(H,63,72)(H,64,73)(H,65,74)(H,66,75)(H,67,85)/t26?,33?,34-,35?,36-,37?,38-,39?,40?,41-,42?,43+,44+,45+,46+,47?,48+,49?,50?,51+,52+,53?,54+,55?,57?,58-,59-,60-,61-,62+/m0/s1. The Hall–Kier alpha value is -4.63. The summed E-state index contributed by atoms with van der Waals surface area (Å²) in [6, 6.07) is -2.45. The average Bonchev–Trinajstić information content (AvgIpc) is 0.772. The van der Waals surface area contributed by atoms with Crippen LogP contribution in [-0.2, 0) is 71.3 Å². The van der Waals surface area contributed by atoms with E-state index in [9.17, 15) is 95.5 Å². The van der Waals surface area contributed by atoms with Crippen LogP contribution in [0.1, 0.15) is 110 Å². The normalized spacial score (nSPS) is 39.8. The highest BCUT2D eigenvalue weighted by atomic mass is 16.8. The highest BCUT2D eigenvalue weighted by Gasteiger charge is 2.58. The second kappa shape index (κ2) is 38.0. The molecule has 13 unspecified atom stereocenters. The van der Waals surface area contributed by atoms with Crippen LogP contribution in [0, 0.1) is 0 Å². The molecule has 7 rings (SSSR count). The average molecular weight is 1410 g/mol. The summed E-state index contributed by atoms with van der Waals surface area (Å²) in [5, 5.41) is 168. The first-order chi connectivity index (χ1) is 46.7. The number of hydrogen-bond acceptors (Lipinski definition) is 31. The molecule has 0 bridgehead atoms. The molecule has 36 heteroatoms. The summed E-state index contributed by atoms with van der Waals surface area (Å²) in [5.41, 5.74) is 0.0594. The zero-order valence-corrected chi connectivity index (χ0v) is 55.4. The minimum atomic E-state index is -2.07. The van der Waals surface area contributed by atoms with Gasteiger partial charge < -0.3 is 155 Å². The quantitative estimate of drug-likeness (QED) is 0.0298. The molecule has 560 valence electrons. The summed E-state index contributed by atoms with van der Waals surface area (Å²) in [5.74, 6) is -3.68. The van der Waals surface area contributed by atoms with Crippen LogP contribution in [0.3, 0.4) is 0 Å². The highest BCUT2D eigenvalue weighted by Crippen LogP contribution is 2.37. The number of carbonyl (C=O) groups excluding carboxylic acids is 5. The van der Waals surface area contributed by atoms with Crippen molar-refractivity contribution < 1.29 is 152 Å². The second-order valence-corrected chi connectivity index (χ2v) is 25.4. The van der Waals surface area contributed by atoms with Crippen LogP contribution in [0.5, 0.6) is 5.75 Å². The van der Waals surface area contributed by atoms with E-state index in [1.807, 2.05) is 0 Å². The Bertz CT molecular complexity index is 2660. The largest absolute Gasteiger partial charge is 0.494 e. The molecule has 19 N–H and O–H groups in total. The van der Waals surface area contributed by atoms with Gasteiger partial charge in [0.1, 0.15) is 146 Å². The van der Waals surface area contributed by atoms with E-state index in [-0.39, 0.29) is 5.56 Å². The summed E-state index contributed by atoms with van der Waals surface area (Å²) < 4.78 is 72.0. The SMILES string of the molecule is CCCCCCCCCCCOc1cccc(C(=O)NC2[C@H](O[C@H]3C(O)C(NC(C)=O)[C@H](OC4C(CO)O[C@@H](O[C@H]5C(O)C(NC(C)=O)[C@H](OC6C(CO[C@@H]7OC(C)[C@@H](O)C(O)[C@H]7O)OC(O)[C@@H](NC(C)=O)[C@H]6O)O[C@H]5CO)[C@@H](NC(C)=O)[C@H]4O)O[C@H]3CO)OC(CO)[C@@H](O)[C@@H]2O)c1. The van der Waals surface area contributed by atoms with Gasteiger partial charge in [0.05, 0.1) is 45.7 Å². The molecule has 0 aliphatic carbocycles. The van der Waals surface area contributed by atoms with E-state index < -0.39 is 246 Å². The molecular formula is C62H101N5O31. The first-order valence-electron chi connectivity index (χ1n) is 33.2. The van der Waals surface area contributed by atoms with Crippen LogP contribution in [0.25, 0.3) is 0 Å². The van der Waals surface area contributed by atoms with Crippen LogP contribution >= 0.6 is 0 Å². The summed E-state index contributed by atoms with van der Waals surface area (Å²) in [4.78, 5) is 65.0. The predicted octanol–water partition coefficient (Wildman–Crippen LogP) is -7.15. The number of rotatable bonds is 32. The number of carbonyl (C=O) groups is 5. The van der Waals surface area contributed by atoms with Crippen molar-refractivity contribution in [2.45, 2.75) is 283 Å². The van der Waals surface area contributed by atoms with Crippen molar-refractivity contribution in [3.05, 3.63) is 29.8 Å². The highest BCUT2D eigenvalue weighted by molar-refractivity contribution is 5.94. The number of benzene rings is 1. The van der Waals surface area contributed by atoms with Gasteiger partial charge in [-0.1, -0.05) is 64.4 Å². The summed E-state index contributed by atoms with van der Waals surface area (Å²) in [6.07, 6.45) is -34.9. The molecule has 6 aliphatic rings. The van der Waals surface area contributed by atoms with Crippen molar-refractivity contribution in [3.63, 3.8) is 0 Å². The van der Waals surface area contributed by atoms with Crippen molar-refractivity contribution in [2.24, 2.45) is 0 Å². The summed E-state index contributed by atoms with van der Waals surface area (Å²) in [6.45, 7) is 3.38. The van der Waals surface area contributed by atoms with Crippen LogP contribution in [0.4, 0.5) is 0 Å². The van der Waals surface area contributed by atoms with Gasteiger partial charge in [0.15, 0.2) is 37.7 Å². The van der Waals surface area contributed by atoms with Crippen LogP contribution < -0.4 is 31.3 Å². The van der Waals surface area contributed by atoms with E-state index in [4.69, 9.17) is 56.8 Å². The van der Waals surface area contributed by atoms with E-state index in [1.54, 1.807) is 12.1 Å². The molecule has 6 heterocycles. The van der Waals surface area contributed by atoms with E-state index >= 15 is 0 Å². The van der Waals surface area contributed by atoms with Gasteiger partial charge in [-0.25, -0.2) is 0 Å². The molecular weight excluding hydrogens is 1310 g/mol. The molecule has 5 amide bonds. The molecule has 0 aromatic heterocycles. The van der Waals surface area contributed by atoms with Gasteiger partial charge in [0.2, 0.25) is 23.6 Å². The molecule has 0 radical (unpaired) electrons. The Kier molecular flexibility index (Phi) is 31.3. The number of hydrogen-bond donors (Lipinski definition) is 19. The molecule has 0 saturated carbocycles. The maximum absolute atomic E-state index is 14.0. The van der Waals surface area contributed by atoms with E-state index in [1.165, 1.54) is 51.2 Å². The molecule has 36 nitrogen and oxygen atoms in total. The number of aliphatic hydroxyl groups excluding tert-OH is 14. The Morgan fingerprint density at radius 1 is 0.418 bits per heavy atom. The van der Waals surface area contributed by atoms with Crippen LogP contribution in [0.15, 0.2) is 24.3 Å². The smallest absolute Gasteiger partial charge is 0.251 e. The fraction of sp³-hybridized carbons (Fsp3) is 0.823. The fourth-order valence-corrected chi connectivity index (χ4v) is 12.7. The molecule has 1 aromatic rings. The third kappa shape index (κ3) is 20.6. The van der Waals surface area contributed by atoms with E-state index in [0.29, 0.717) is 12.4 Å². The summed E-state index contributed by atoms with van der Waals surface area (Å²) in [7, 11) is 0. The minimum Gasteiger partial charge on any atom is -0.494 e. The number of aliphatic hydroxyl groups is 14. The zero-order chi connectivity index (χ0) is 71.8. The maximum atomic E-state index is 14.0. The third-order valence-electron chi connectivity index (χ3n) is 17.9. The van der Waals surface area contributed by atoms with E-state index in [2.05, 4.69) is 33.5 Å². The Labute approximate surface area is 565 Å². The Morgan fingerprint density at radius 2 is 0.816 bits per heavy atom. The fourth-order valence-electron chi connectivity index (χ4n) is 12.7. The molecule has 6 aliphatic heterocycles. The predicted molar refractivity (Wildman–Crippen MR) is 329 cm³/mol. The topological polar surface area (TPSA) is 539 Å². The Balaban J connectivity index is 1.07. The van der Waals surface area contributed by atoms with Gasteiger partial charge in [-0.05, 0) is 31.5 Å². The molecule has 0 spiro atoms. The van der Waals surface area contributed by atoms with Crippen molar-refractivity contribution in [1.82, 2.24) is 26.6 Å². The van der Waals surface area contributed by atoms with Gasteiger partial charge in [0, 0.05) is 33.3 Å². The van der Waals surface area contributed by atoms with Gasteiger partial charge in [0.25, 0.3) is 5.91 Å². The van der Waals surface area contributed by atoms with Gasteiger partial charge in [-0.2, -0.15) is 0 Å². The molecule has 1 aromatic carbocycles. The van der Waals surface area contributed by atoms with Crippen LogP contribution in [0.2, 0.25) is 0 Å². The molecule has 30 atom stereocenters. The zero-order valence-electron chi connectivity index (χ0n) is 55.4. The minimum absolute atomic E-state index is 0.0594. The Morgan fingerprint density at radius 3 is 1.26 bits per heavy atom. The van der Waals surface area contributed by atoms with Gasteiger partial charge >= 0.3 is 0 Å². The van der Waals surface area contributed by atoms with Crippen molar-refractivity contribution >= 4 is 29.5 Å².